The topological polar surface area (TPSA) is 62.3 Å². The van der Waals surface area contributed by atoms with Gasteiger partial charge in [0.25, 0.3) is 5.91 Å². The smallest absolute Gasteiger partial charge is 0.253 e. The number of carbonyl (C=O) groups is 2. The van der Waals surface area contributed by atoms with Crippen LogP contribution >= 0.6 is 0 Å². The normalized spacial score (nSPS) is 19.2. The van der Waals surface area contributed by atoms with Crippen LogP contribution in [0, 0.1) is 5.92 Å². The van der Waals surface area contributed by atoms with Crippen molar-refractivity contribution in [2.45, 2.75) is 32.2 Å². The lowest BCUT2D eigenvalue weighted by Crippen LogP contribution is -2.36. The van der Waals surface area contributed by atoms with Gasteiger partial charge >= 0.3 is 0 Å². The second-order valence-electron chi connectivity index (χ2n) is 6.79. The van der Waals surface area contributed by atoms with Crippen molar-refractivity contribution in [2.75, 3.05) is 13.6 Å². The van der Waals surface area contributed by atoms with Gasteiger partial charge in [-0.05, 0) is 61.6 Å². The van der Waals surface area contributed by atoms with Crippen molar-refractivity contribution in [3.8, 4) is 11.1 Å². The Bertz CT molecular complexity index is 759. The van der Waals surface area contributed by atoms with Crippen LogP contribution in [0.1, 0.15) is 36.5 Å². The summed E-state index contributed by atoms with van der Waals surface area (Å²) in [5.74, 6) is 0.134. The molecule has 1 aliphatic rings. The number of carbonyl (C=O) groups excluding carboxylic acids is 2. The van der Waals surface area contributed by atoms with Crippen molar-refractivity contribution in [2.24, 2.45) is 5.92 Å². The molecule has 5 nitrogen and oxygen atoms in total. The summed E-state index contributed by atoms with van der Waals surface area (Å²) in [7, 11) is 1.84. The molecule has 136 valence electrons. The highest BCUT2D eigenvalue weighted by molar-refractivity contribution is 5.95. The van der Waals surface area contributed by atoms with E-state index in [9.17, 15) is 9.59 Å². The summed E-state index contributed by atoms with van der Waals surface area (Å²) in [6.45, 7) is 2.58. The van der Waals surface area contributed by atoms with Crippen molar-refractivity contribution < 1.29 is 9.59 Å². The van der Waals surface area contributed by atoms with Crippen LogP contribution in [0.4, 0.5) is 0 Å². The maximum atomic E-state index is 12.8. The molecule has 2 atom stereocenters. The second-order valence-corrected chi connectivity index (χ2v) is 6.79. The summed E-state index contributed by atoms with van der Waals surface area (Å²) in [5.41, 5.74) is 2.81. The van der Waals surface area contributed by atoms with Crippen LogP contribution in [-0.4, -0.2) is 41.3 Å². The molecular formula is C21H25N3O2. The van der Waals surface area contributed by atoms with Crippen molar-refractivity contribution >= 4 is 11.8 Å². The zero-order valence-corrected chi connectivity index (χ0v) is 15.3. The molecule has 1 aromatic carbocycles. The van der Waals surface area contributed by atoms with Crippen LogP contribution in [0.5, 0.6) is 0 Å². The molecule has 1 aliphatic carbocycles. The highest BCUT2D eigenvalue weighted by atomic mass is 16.2. The van der Waals surface area contributed by atoms with Crippen molar-refractivity contribution in [1.82, 2.24) is 15.2 Å². The Morgan fingerprint density at radius 3 is 2.38 bits per heavy atom. The van der Waals surface area contributed by atoms with Gasteiger partial charge in [0.15, 0.2) is 0 Å². The minimum absolute atomic E-state index is 0.00725. The van der Waals surface area contributed by atoms with Gasteiger partial charge in [0.2, 0.25) is 5.91 Å². The Labute approximate surface area is 154 Å². The van der Waals surface area contributed by atoms with Crippen LogP contribution in [0.2, 0.25) is 0 Å². The van der Waals surface area contributed by atoms with Gasteiger partial charge in [-0.2, -0.15) is 0 Å². The SMILES string of the molecule is CCNC(=O)C1CCC(N(C)C(=O)c2ccc(-c3ccncc3)cc2)C1. The third kappa shape index (κ3) is 3.93. The van der Waals surface area contributed by atoms with Crippen LogP contribution in [-0.2, 0) is 4.79 Å². The first-order valence-corrected chi connectivity index (χ1v) is 9.15. The van der Waals surface area contributed by atoms with Gasteiger partial charge in [0, 0.05) is 43.5 Å². The van der Waals surface area contributed by atoms with E-state index in [1.54, 1.807) is 17.3 Å². The van der Waals surface area contributed by atoms with Crippen LogP contribution < -0.4 is 5.32 Å². The summed E-state index contributed by atoms with van der Waals surface area (Å²) in [6.07, 6.45) is 5.97. The molecular weight excluding hydrogens is 326 g/mol. The first-order chi connectivity index (χ1) is 12.6. The van der Waals surface area contributed by atoms with Crippen molar-refractivity contribution in [3.63, 3.8) is 0 Å². The molecule has 3 rings (SSSR count). The molecule has 2 amide bonds. The Hall–Kier alpha value is -2.69. The summed E-state index contributed by atoms with van der Waals surface area (Å²) in [4.78, 5) is 30.6. The van der Waals surface area contributed by atoms with Gasteiger partial charge < -0.3 is 10.2 Å². The Kier molecular flexibility index (Phi) is 5.66. The number of nitrogens with zero attached hydrogens (tertiary/aromatic N) is 2. The number of amides is 2. The summed E-state index contributed by atoms with van der Waals surface area (Å²) < 4.78 is 0. The fourth-order valence-electron chi connectivity index (χ4n) is 3.59. The molecule has 1 aromatic heterocycles. The predicted molar refractivity (Wildman–Crippen MR) is 102 cm³/mol. The second kappa shape index (κ2) is 8.13. The lowest BCUT2D eigenvalue weighted by Gasteiger charge is -2.25. The van der Waals surface area contributed by atoms with Gasteiger partial charge in [-0.1, -0.05) is 12.1 Å². The van der Waals surface area contributed by atoms with Gasteiger partial charge in [0.1, 0.15) is 0 Å². The quantitative estimate of drug-likeness (QED) is 0.900. The molecule has 1 N–H and O–H groups in total. The fourth-order valence-corrected chi connectivity index (χ4v) is 3.59. The summed E-state index contributed by atoms with van der Waals surface area (Å²) in [6, 6.07) is 11.7. The van der Waals surface area contributed by atoms with Gasteiger partial charge in [-0.3, -0.25) is 14.6 Å². The van der Waals surface area contributed by atoms with E-state index in [2.05, 4.69) is 10.3 Å². The molecule has 0 radical (unpaired) electrons. The van der Waals surface area contributed by atoms with E-state index >= 15 is 0 Å². The molecule has 0 saturated heterocycles. The van der Waals surface area contributed by atoms with Crippen molar-refractivity contribution in [1.29, 1.82) is 0 Å². The predicted octanol–water partition coefficient (Wildman–Crippen LogP) is 3.13. The van der Waals surface area contributed by atoms with Crippen molar-refractivity contribution in [3.05, 3.63) is 54.4 Å². The number of rotatable bonds is 5. The van der Waals surface area contributed by atoms with E-state index in [1.165, 1.54) is 0 Å². The molecule has 2 unspecified atom stereocenters. The van der Waals surface area contributed by atoms with Crippen LogP contribution in [0.15, 0.2) is 48.8 Å². The number of pyridine rings is 1. The Morgan fingerprint density at radius 1 is 1.08 bits per heavy atom. The van der Waals surface area contributed by atoms with E-state index in [1.807, 2.05) is 50.4 Å². The molecule has 0 aliphatic heterocycles. The fraction of sp³-hybridized carbons (Fsp3) is 0.381. The van der Waals surface area contributed by atoms with Gasteiger partial charge in [0.05, 0.1) is 0 Å². The van der Waals surface area contributed by atoms with Crippen LogP contribution in [0.25, 0.3) is 11.1 Å². The largest absolute Gasteiger partial charge is 0.356 e. The molecule has 0 spiro atoms. The maximum absolute atomic E-state index is 12.8. The molecule has 1 saturated carbocycles. The summed E-state index contributed by atoms with van der Waals surface area (Å²) in [5, 5.41) is 2.88. The van der Waals surface area contributed by atoms with E-state index < -0.39 is 0 Å². The maximum Gasteiger partial charge on any atom is 0.253 e. The Balaban J connectivity index is 1.65. The first kappa shape index (κ1) is 18.1. The van der Waals surface area contributed by atoms with Crippen LogP contribution in [0.3, 0.4) is 0 Å². The van der Waals surface area contributed by atoms with E-state index in [0.29, 0.717) is 12.1 Å². The number of benzene rings is 1. The first-order valence-electron chi connectivity index (χ1n) is 9.15. The molecule has 2 aromatic rings. The van der Waals surface area contributed by atoms with E-state index in [4.69, 9.17) is 0 Å². The standard InChI is InChI=1S/C21H25N3O2/c1-3-23-20(25)18-8-9-19(14-18)24(2)21(26)17-6-4-15(5-7-17)16-10-12-22-13-11-16/h4-7,10-13,18-19H,3,8-9,14H2,1-2H3,(H,23,25). The van der Waals surface area contributed by atoms with Gasteiger partial charge in [-0.15, -0.1) is 0 Å². The number of nitrogens with one attached hydrogen (secondary N) is 1. The van der Waals surface area contributed by atoms with E-state index in [-0.39, 0.29) is 23.8 Å². The summed E-state index contributed by atoms with van der Waals surface area (Å²) >= 11 is 0. The van der Waals surface area contributed by atoms with E-state index in [0.717, 1.165) is 30.4 Å². The highest BCUT2D eigenvalue weighted by Gasteiger charge is 2.33. The zero-order valence-electron chi connectivity index (χ0n) is 15.3. The highest BCUT2D eigenvalue weighted by Crippen LogP contribution is 2.30. The molecule has 26 heavy (non-hydrogen) atoms. The van der Waals surface area contributed by atoms with Gasteiger partial charge in [-0.25, -0.2) is 0 Å². The average molecular weight is 351 g/mol. The zero-order chi connectivity index (χ0) is 18.5. The number of hydrogen-bond donors (Lipinski definition) is 1. The average Bonchev–Trinajstić information content (AvgIpc) is 3.18. The molecule has 1 fully saturated rings. The minimum atomic E-state index is 0.00725. The third-order valence-corrected chi connectivity index (χ3v) is 5.14. The minimum Gasteiger partial charge on any atom is -0.356 e. The number of hydrogen-bond acceptors (Lipinski definition) is 3. The lowest BCUT2D eigenvalue weighted by molar-refractivity contribution is -0.124. The monoisotopic (exact) mass is 351 g/mol. The molecule has 1 heterocycles. The third-order valence-electron chi connectivity index (χ3n) is 5.14. The molecule has 5 heteroatoms. The molecule has 0 bridgehead atoms. The Morgan fingerprint density at radius 2 is 1.73 bits per heavy atom. The lowest BCUT2D eigenvalue weighted by atomic mass is 10.0. The number of aromatic nitrogens is 1.